The van der Waals surface area contributed by atoms with E-state index in [1.54, 1.807) is 0 Å². The molecule has 1 aromatic rings. The molecule has 0 fully saturated rings. The topological polar surface area (TPSA) is 35.2 Å². The Kier molecular flexibility index (Phi) is 3.62. The van der Waals surface area contributed by atoms with Crippen LogP contribution in [0.4, 0.5) is 0 Å². The molecule has 0 aromatic heterocycles. The monoisotopic (exact) mass is 217 g/mol. The molecule has 0 saturated carbocycles. The van der Waals surface area contributed by atoms with Crippen LogP contribution in [0.3, 0.4) is 0 Å². The molecule has 2 rings (SSSR count). The number of benzene rings is 1. The number of nitrogens with two attached hydrogens (primary N) is 1. The first-order valence-electron chi connectivity index (χ1n) is 5.89. The second kappa shape index (κ2) is 5.17. The first-order valence-corrected chi connectivity index (χ1v) is 5.89. The average Bonchev–Trinajstić information content (AvgIpc) is 2.30. The second-order valence-corrected chi connectivity index (χ2v) is 4.39. The molecular weight excluding hydrogens is 198 g/mol. The summed E-state index contributed by atoms with van der Waals surface area (Å²) in [6, 6.07) is 8.50. The number of ether oxygens (including phenoxy) is 1. The van der Waals surface area contributed by atoms with Gasteiger partial charge in [0.1, 0.15) is 5.75 Å². The molecule has 16 heavy (non-hydrogen) atoms. The third-order valence-corrected chi connectivity index (χ3v) is 3.14. The maximum absolute atomic E-state index is 6.06. The van der Waals surface area contributed by atoms with Gasteiger partial charge in [0.2, 0.25) is 0 Å². The highest BCUT2D eigenvalue weighted by Gasteiger charge is 2.22. The Bertz CT molecular complexity index is 362. The van der Waals surface area contributed by atoms with Crippen LogP contribution >= 0.6 is 0 Å². The van der Waals surface area contributed by atoms with Crippen molar-refractivity contribution in [1.29, 1.82) is 0 Å². The SMILES string of the molecule is C=CCC(N)CC1CCOc2ccccc21. The van der Waals surface area contributed by atoms with Crippen LogP contribution in [0.2, 0.25) is 0 Å². The molecule has 2 unspecified atom stereocenters. The van der Waals surface area contributed by atoms with E-state index in [0.29, 0.717) is 5.92 Å². The summed E-state index contributed by atoms with van der Waals surface area (Å²) in [6.45, 7) is 4.54. The quantitative estimate of drug-likeness (QED) is 0.787. The van der Waals surface area contributed by atoms with Gasteiger partial charge < -0.3 is 10.5 Å². The largest absolute Gasteiger partial charge is 0.493 e. The minimum absolute atomic E-state index is 0.216. The lowest BCUT2D eigenvalue weighted by atomic mass is 9.87. The lowest BCUT2D eigenvalue weighted by Crippen LogP contribution is -2.25. The normalized spacial score (nSPS) is 20.7. The van der Waals surface area contributed by atoms with Crippen LogP contribution in [-0.4, -0.2) is 12.6 Å². The summed E-state index contributed by atoms with van der Waals surface area (Å²) in [6.07, 6.45) is 4.88. The van der Waals surface area contributed by atoms with E-state index in [2.05, 4.69) is 18.7 Å². The van der Waals surface area contributed by atoms with Gasteiger partial charge in [-0.25, -0.2) is 0 Å². The van der Waals surface area contributed by atoms with Crippen molar-refractivity contribution in [2.45, 2.75) is 31.2 Å². The van der Waals surface area contributed by atoms with Gasteiger partial charge in [-0.1, -0.05) is 24.3 Å². The first-order chi connectivity index (χ1) is 7.81. The van der Waals surface area contributed by atoms with Crippen LogP contribution < -0.4 is 10.5 Å². The number of fused-ring (bicyclic) bond motifs is 1. The van der Waals surface area contributed by atoms with E-state index < -0.39 is 0 Å². The molecule has 2 atom stereocenters. The van der Waals surface area contributed by atoms with E-state index >= 15 is 0 Å². The van der Waals surface area contributed by atoms with Gasteiger partial charge >= 0.3 is 0 Å². The third-order valence-electron chi connectivity index (χ3n) is 3.14. The van der Waals surface area contributed by atoms with E-state index in [4.69, 9.17) is 10.5 Å². The Hall–Kier alpha value is -1.28. The van der Waals surface area contributed by atoms with Crippen molar-refractivity contribution in [2.24, 2.45) is 5.73 Å². The molecule has 0 amide bonds. The van der Waals surface area contributed by atoms with Gasteiger partial charge in [-0.2, -0.15) is 0 Å². The van der Waals surface area contributed by atoms with Gasteiger partial charge in [0.15, 0.2) is 0 Å². The molecule has 0 spiro atoms. The van der Waals surface area contributed by atoms with Gasteiger partial charge in [0.25, 0.3) is 0 Å². The molecule has 86 valence electrons. The standard InChI is InChI=1S/C14H19NO/c1-2-5-12(15)10-11-8-9-16-14-7-4-3-6-13(11)14/h2-4,6-7,11-12H,1,5,8-10,15H2. The molecule has 2 nitrogen and oxygen atoms in total. The highest BCUT2D eigenvalue weighted by atomic mass is 16.5. The van der Waals surface area contributed by atoms with E-state index in [1.165, 1.54) is 5.56 Å². The predicted molar refractivity (Wildman–Crippen MR) is 66.7 cm³/mol. The van der Waals surface area contributed by atoms with Crippen LogP contribution in [0.25, 0.3) is 0 Å². The van der Waals surface area contributed by atoms with Gasteiger partial charge in [0, 0.05) is 6.04 Å². The van der Waals surface area contributed by atoms with Crippen LogP contribution in [0.1, 0.15) is 30.7 Å². The molecule has 1 heterocycles. The van der Waals surface area contributed by atoms with Gasteiger partial charge in [0.05, 0.1) is 6.61 Å². The Morgan fingerprint density at radius 2 is 2.31 bits per heavy atom. The number of hydrogen-bond donors (Lipinski definition) is 1. The Morgan fingerprint density at radius 3 is 3.12 bits per heavy atom. The molecule has 0 radical (unpaired) electrons. The smallest absolute Gasteiger partial charge is 0.122 e. The molecule has 1 aliphatic rings. The lowest BCUT2D eigenvalue weighted by molar-refractivity contribution is 0.259. The zero-order valence-corrected chi connectivity index (χ0v) is 9.56. The van der Waals surface area contributed by atoms with Crippen LogP contribution in [0.15, 0.2) is 36.9 Å². The molecule has 0 saturated heterocycles. The fourth-order valence-corrected chi connectivity index (χ4v) is 2.34. The highest BCUT2D eigenvalue weighted by Crippen LogP contribution is 2.36. The zero-order chi connectivity index (χ0) is 11.4. The second-order valence-electron chi connectivity index (χ2n) is 4.39. The van der Waals surface area contributed by atoms with Crippen LogP contribution in [0, 0.1) is 0 Å². The third kappa shape index (κ3) is 2.45. The highest BCUT2D eigenvalue weighted by molar-refractivity contribution is 5.37. The average molecular weight is 217 g/mol. The summed E-state index contributed by atoms with van der Waals surface area (Å²) in [5.74, 6) is 1.57. The lowest BCUT2D eigenvalue weighted by Gasteiger charge is -2.27. The molecule has 2 heteroatoms. The number of para-hydroxylation sites is 1. The zero-order valence-electron chi connectivity index (χ0n) is 9.56. The van der Waals surface area contributed by atoms with Crippen molar-refractivity contribution >= 4 is 0 Å². The first kappa shape index (κ1) is 11.2. The number of rotatable bonds is 4. The van der Waals surface area contributed by atoms with Gasteiger partial charge in [-0.3, -0.25) is 0 Å². The van der Waals surface area contributed by atoms with Crippen molar-refractivity contribution in [3.05, 3.63) is 42.5 Å². The summed E-state index contributed by atoms with van der Waals surface area (Å²) in [5, 5.41) is 0. The van der Waals surface area contributed by atoms with Crippen molar-refractivity contribution in [2.75, 3.05) is 6.61 Å². The maximum atomic E-state index is 6.06. The predicted octanol–water partition coefficient (Wildman–Crippen LogP) is 2.85. The van der Waals surface area contributed by atoms with Gasteiger partial charge in [-0.05, 0) is 36.8 Å². The molecule has 0 aliphatic carbocycles. The van der Waals surface area contributed by atoms with E-state index in [1.807, 2.05) is 18.2 Å². The Morgan fingerprint density at radius 1 is 1.50 bits per heavy atom. The van der Waals surface area contributed by atoms with E-state index in [9.17, 15) is 0 Å². The summed E-state index contributed by atoms with van der Waals surface area (Å²) in [7, 11) is 0. The maximum Gasteiger partial charge on any atom is 0.122 e. The van der Waals surface area contributed by atoms with E-state index in [-0.39, 0.29) is 6.04 Å². The van der Waals surface area contributed by atoms with Crippen molar-refractivity contribution in [3.8, 4) is 5.75 Å². The minimum atomic E-state index is 0.216. The van der Waals surface area contributed by atoms with Crippen molar-refractivity contribution < 1.29 is 4.74 Å². The summed E-state index contributed by atoms with van der Waals surface area (Å²) in [4.78, 5) is 0. The van der Waals surface area contributed by atoms with Crippen LogP contribution in [-0.2, 0) is 0 Å². The molecule has 1 aromatic carbocycles. The van der Waals surface area contributed by atoms with Crippen molar-refractivity contribution in [3.63, 3.8) is 0 Å². The number of hydrogen-bond acceptors (Lipinski definition) is 2. The minimum Gasteiger partial charge on any atom is -0.493 e. The fraction of sp³-hybridized carbons (Fsp3) is 0.429. The molecule has 0 bridgehead atoms. The summed E-state index contributed by atoms with van der Waals surface area (Å²) >= 11 is 0. The van der Waals surface area contributed by atoms with Crippen LogP contribution in [0.5, 0.6) is 5.75 Å². The fourth-order valence-electron chi connectivity index (χ4n) is 2.34. The summed E-state index contributed by atoms with van der Waals surface area (Å²) in [5.41, 5.74) is 7.37. The van der Waals surface area contributed by atoms with Crippen molar-refractivity contribution in [1.82, 2.24) is 0 Å². The molecule has 2 N–H and O–H groups in total. The van der Waals surface area contributed by atoms with Gasteiger partial charge in [-0.15, -0.1) is 6.58 Å². The Balaban J connectivity index is 2.09. The summed E-state index contributed by atoms with van der Waals surface area (Å²) < 4.78 is 5.63. The molecular formula is C14H19NO. The van der Waals surface area contributed by atoms with E-state index in [0.717, 1.165) is 31.6 Å². The Labute approximate surface area is 97.1 Å². The molecule has 1 aliphatic heterocycles.